The molecule has 4 N–H and O–H groups in total. The lowest BCUT2D eigenvalue weighted by molar-refractivity contribution is 0.441. The van der Waals surface area contributed by atoms with E-state index >= 15 is 0 Å². The van der Waals surface area contributed by atoms with Gasteiger partial charge in [0.15, 0.2) is 5.65 Å². The maximum absolute atomic E-state index is 11.5. The van der Waals surface area contributed by atoms with Crippen LogP contribution >= 0.6 is 0 Å². The molecule has 0 amide bonds. The minimum Gasteiger partial charge on any atom is -0.339 e. The summed E-state index contributed by atoms with van der Waals surface area (Å²) < 4.78 is 1.11. The first-order valence-corrected chi connectivity index (χ1v) is 7.05. The molecule has 0 radical (unpaired) electrons. The number of H-pyrrole nitrogens is 2. The summed E-state index contributed by atoms with van der Waals surface area (Å²) >= 11 is 0. The Kier molecular flexibility index (Phi) is 4.73. The van der Waals surface area contributed by atoms with Crippen LogP contribution in [-0.2, 0) is 6.54 Å². The van der Waals surface area contributed by atoms with Crippen molar-refractivity contribution in [3.8, 4) is 0 Å². The Morgan fingerprint density at radius 1 is 1.35 bits per heavy atom. The number of nitrogens with one attached hydrogen (secondary N) is 2. The predicted octanol–water partition coefficient (Wildman–Crippen LogP) is 0.711. The number of hydrogen-bond acceptors (Lipinski definition) is 4. The third-order valence-electron chi connectivity index (χ3n) is 3.53. The van der Waals surface area contributed by atoms with E-state index in [1.54, 1.807) is 6.92 Å². The van der Waals surface area contributed by atoms with Gasteiger partial charge in [0, 0.05) is 12.6 Å². The predicted molar refractivity (Wildman–Crippen MR) is 77.7 cm³/mol. The monoisotopic (exact) mass is 279 g/mol. The van der Waals surface area contributed by atoms with Crippen molar-refractivity contribution in [3.05, 3.63) is 27.2 Å². The number of fused-ring (bicyclic) bond motifs is 1. The zero-order chi connectivity index (χ0) is 14.5. The summed E-state index contributed by atoms with van der Waals surface area (Å²) in [4.78, 5) is 31.7. The lowest BCUT2D eigenvalue weighted by Gasteiger charge is -2.15. The SMILES string of the molecule is CCn1c(=O)[nH]c2nc[nH]c2c1=O.NC1CCCCC1. The summed E-state index contributed by atoms with van der Waals surface area (Å²) in [7, 11) is 0. The number of rotatable bonds is 1. The average Bonchev–Trinajstić information content (AvgIpc) is 2.89. The smallest absolute Gasteiger partial charge is 0.330 e. The van der Waals surface area contributed by atoms with Gasteiger partial charge in [-0.3, -0.25) is 14.3 Å². The number of hydrogen-bond donors (Lipinski definition) is 3. The first-order valence-electron chi connectivity index (χ1n) is 7.05. The molecule has 3 rings (SSSR count). The molecular weight excluding hydrogens is 258 g/mol. The Labute approximate surface area is 116 Å². The van der Waals surface area contributed by atoms with Crippen LogP contribution in [-0.4, -0.2) is 25.6 Å². The van der Waals surface area contributed by atoms with E-state index in [-0.39, 0.29) is 5.56 Å². The van der Waals surface area contributed by atoms with Crippen LogP contribution in [0.1, 0.15) is 39.0 Å². The van der Waals surface area contributed by atoms with Crippen molar-refractivity contribution >= 4 is 11.2 Å². The molecule has 0 atom stereocenters. The summed E-state index contributed by atoms with van der Waals surface area (Å²) in [6.07, 6.45) is 8.04. The van der Waals surface area contributed by atoms with Crippen LogP contribution in [0, 0.1) is 0 Å². The average molecular weight is 279 g/mol. The highest BCUT2D eigenvalue weighted by atomic mass is 16.2. The Hall–Kier alpha value is -1.89. The third-order valence-corrected chi connectivity index (χ3v) is 3.53. The molecule has 1 aliphatic carbocycles. The molecule has 0 spiro atoms. The lowest BCUT2D eigenvalue weighted by atomic mass is 9.97. The lowest BCUT2D eigenvalue weighted by Crippen LogP contribution is -2.34. The van der Waals surface area contributed by atoms with Gasteiger partial charge < -0.3 is 10.7 Å². The van der Waals surface area contributed by atoms with Crippen molar-refractivity contribution in [3.63, 3.8) is 0 Å². The van der Waals surface area contributed by atoms with Gasteiger partial charge in [-0.2, -0.15) is 0 Å². The number of aromatic nitrogens is 4. The van der Waals surface area contributed by atoms with Gasteiger partial charge in [-0.15, -0.1) is 0 Å². The van der Waals surface area contributed by atoms with Crippen LogP contribution in [0.15, 0.2) is 15.9 Å². The van der Waals surface area contributed by atoms with Crippen LogP contribution in [0.25, 0.3) is 11.2 Å². The van der Waals surface area contributed by atoms with E-state index in [0.717, 1.165) is 4.57 Å². The highest BCUT2D eigenvalue weighted by molar-refractivity contribution is 5.67. The molecular formula is C13H21N5O2. The van der Waals surface area contributed by atoms with E-state index in [1.165, 1.54) is 38.4 Å². The molecule has 110 valence electrons. The molecule has 7 heteroatoms. The van der Waals surface area contributed by atoms with Crippen LogP contribution in [0.3, 0.4) is 0 Å². The molecule has 2 heterocycles. The highest BCUT2D eigenvalue weighted by Gasteiger charge is 2.07. The van der Waals surface area contributed by atoms with E-state index in [9.17, 15) is 9.59 Å². The summed E-state index contributed by atoms with van der Waals surface area (Å²) in [6, 6.07) is 0.536. The second-order valence-corrected chi connectivity index (χ2v) is 5.00. The molecule has 1 fully saturated rings. The summed E-state index contributed by atoms with van der Waals surface area (Å²) in [5, 5.41) is 0. The normalized spacial score (nSPS) is 15.9. The molecule has 1 saturated carbocycles. The van der Waals surface area contributed by atoms with Crippen LogP contribution in [0.5, 0.6) is 0 Å². The van der Waals surface area contributed by atoms with Gasteiger partial charge in [-0.05, 0) is 19.8 Å². The van der Waals surface area contributed by atoms with Crippen LogP contribution in [0.4, 0.5) is 0 Å². The fourth-order valence-corrected chi connectivity index (χ4v) is 2.37. The number of nitrogens with zero attached hydrogens (tertiary/aromatic N) is 2. The van der Waals surface area contributed by atoms with Gasteiger partial charge in [0.1, 0.15) is 5.52 Å². The van der Waals surface area contributed by atoms with Crippen molar-refractivity contribution in [1.29, 1.82) is 0 Å². The summed E-state index contributed by atoms with van der Waals surface area (Å²) in [5.74, 6) is 0. The first kappa shape index (κ1) is 14.5. The third kappa shape index (κ3) is 3.16. The van der Waals surface area contributed by atoms with E-state index < -0.39 is 5.69 Å². The Morgan fingerprint density at radius 2 is 2.05 bits per heavy atom. The topological polar surface area (TPSA) is 110 Å². The molecule has 0 unspecified atom stereocenters. The van der Waals surface area contributed by atoms with Crippen molar-refractivity contribution in [2.45, 2.75) is 51.6 Å². The zero-order valence-corrected chi connectivity index (χ0v) is 11.7. The molecule has 2 aromatic heterocycles. The van der Waals surface area contributed by atoms with E-state index in [4.69, 9.17) is 5.73 Å². The van der Waals surface area contributed by atoms with Gasteiger partial charge in [0.2, 0.25) is 0 Å². The van der Waals surface area contributed by atoms with Crippen molar-refractivity contribution in [1.82, 2.24) is 19.5 Å². The molecule has 7 nitrogen and oxygen atoms in total. The number of aromatic amines is 2. The molecule has 20 heavy (non-hydrogen) atoms. The second-order valence-electron chi connectivity index (χ2n) is 5.00. The Bertz CT molecular complexity index is 663. The largest absolute Gasteiger partial charge is 0.339 e. The standard InChI is InChI=1S/C7H8N4O2.C6H13N/c1-2-11-6(12)4-5(9-3-8-4)10-7(11)13;7-6-4-2-1-3-5-6/h3H,2H2,1H3,(H,8,9)(H,10,13);6H,1-5,7H2. The Morgan fingerprint density at radius 3 is 2.60 bits per heavy atom. The molecule has 1 aliphatic rings. The maximum Gasteiger partial charge on any atom is 0.330 e. The fourth-order valence-electron chi connectivity index (χ4n) is 2.37. The molecule has 0 aromatic carbocycles. The van der Waals surface area contributed by atoms with Gasteiger partial charge in [-0.25, -0.2) is 9.78 Å². The molecule has 0 saturated heterocycles. The van der Waals surface area contributed by atoms with Gasteiger partial charge in [0.05, 0.1) is 6.33 Å². The van der Waals surface area contributed by atoms with Gasteiger partial charge in [-0.1, -0.05) is 19.3 Å². The van der Waals surface area contributed by atoms with E-state index in [2.05, 4.69) is 15.0 Å². The molecule has 0 bridgehead atoms. The van der Waals surface area contributed by atoms with Crippen molar-refractivity contribution in [2.75, 3.05) is 0 Å². The summed E-state index contributed by atoms with van der Waals surface area (Å²) in [6.45, 7) is 2.09. The highest BCUT2D eigenvalue weighted by Crippen LogP contribution is 2.14. The Balaban J connectivity index is 0.000000178. The fraction of sp³-hybridized carbons (Fsp3) is 0.615. The summed E-state index contributed by atoms with van der Waals surface area (Å²) in [5.41, 5.74) is 5.52. The quantitative estimate of drug-likeness (QED) is 0.714. The van der Waals surface area contributed by atoms with Gasteiger partial charge in [0.25, 0.3) is 5.56 Å². The minimum absolute atomic E-state index is 0.305. The molecule has 0 aliphatic heterocycles. The van der Waals surface area contributed by atoms with E-state index in [0.29, 0.717) is 23.8 Å². The maximum atomic E-state index is 11.5. The van der Waals surface area contributed by atoms with Gasteiger partial charge >= 0.3 is 5.69 Å². The number of imidazole rings is 1. The minimum atomic E-state index is -0.424. The first-order chi connectivity index (χ1) is 9.63. The second kappa shape index (κ2) is 6.51. The van der Waals surface area contributed by atoms with Crippen LogP contribution in [0.2, 0.25) is 0 Å². The number of nitrogens with two attached hydrogens (primary N) is 1. The zero-order valence-electron chi connectivity index (χ0n) is 11.7. The van der Waals surface area contributed by atoms with Crippen molar-refractivity contribution < 1.29 is 0 Å². The van der Waals surface area contributed by atoms with E-state index in [1.807, 2.05) is 0 Å². The molecule has 2 aromatic rings. The van der Waals surface area contributed by atoms with Crippen LogP contribution < -0.4 is 17.0 Å². The van der Waals surface area contributed by atoms with Crippen molar-refractivity contribution in [2.24, 2.45) is 5.73 Å².